The van der Waals surface area contributed by atoms with Crippen LogP contribution in [0.2, 0.25) is 0 Å². The van der Waals surface area contributed by atoms with E-state index in [4.69, 9.17) is 5.11 Å². The van der Waals surface area contributed by atoms with E-state index in [-0.39, 0.29) is 18.8 Å². The van der Waals surface area contributed by atoms with Gasteiger partial charge in [-0.25, -0.2) is 8.78 Å². The summed E-state index contributed by atoms with van der Waals surface area (Å²) in [7, 11) is 0. The first kappa shape index (κ1) is 12.6. The summed E-state index contributed by atoms with van der Waals surface area (Å²) >= 11 is 0. The third kappa shape index (κ3) is 1.91. The fourth-order valence-corrected chi connectivity index (χ4v) is 1.23. The van der Waals surface area contributed by atoms with Gasteiger partial charge in [-0.3, -0.25) is 4.79 Å². The van der Waals surface area contributed by atoms with Crippen LogP contribution in [0.3, 0.4) is 0 Å². The Hall–Kier alpha value is -0.420. The normalized spacial score (nSPS) is 31.9. The Labute approximate surface area is 80.9 Å². The Morgan fingerprint density at radius 2 is 2.08 bits per heavy atom. The average Bonchev–Trinajstić information content (AvgIpc) is 1.95. The van der Waals surface area contributed by atoms with Crippen LogP contribution in [0.25, 0.3) is 0 Å². The molecule has 1 aliphatic rings. The first-order chi connectivity index (χ1) is 5.40. The highest BCUT2D eigenvalue weighted by Crippen LogP contribution is 2.41. The lowest BCUT2D eigenvalue weighted by Crippen LogP contribution is -2.56. The average molecular weight is 216 g/mol. The lowest BCUT2D eigenvalue weighted by Gasteiger charge is -2.37. The van der Waals surface area contributed by atoms with E-state index in [2.05, 4.69) is 5.32 Å². The van der Waals surface area contributed by atoms with E-state index in [1.165, 1.54) is 0 Å². The molecule has 1 atom stereocenters. The third-order valence-corrected chi connectivity index (χ3v) is 2.43. The van der Waals surface area contributed by atoms with Crippen LogP contribution >= 0.6 is 12.4 Å². The summed E-state index contributed by atoms with van der Waals surface area (Å²) in [5, 5.41) is 11.1. The van der Waals surface area contributed by atoms with Crippen LogP contribution in [0.1, 0.15) is 13.3 Å². The fraction of sp³-hybridized carbons (Fsp3) is 0.857. The summed E-state index contributed by atoms with van der Waals surface area (Å²) in [6.45, 7) is 0.879. The molecule has 1 saturated heterocycles. The van der Waals surface area contributed by atoms with Crippen molar-refractivity contribution in [1.29, 1.82) is 0 Å². The number of piperidine rings is 1. The Morgan fingerprint density at radius 1 is 1.54 bits per heavy atom. The number of hydrogen-bond donors (Lipinski definition) is 2. The van der Waals surface area contributed by atoms with Gasteiger partial charge in [-0.1, -0.05) is 0 Å². The number of aliphatic carboxylic acids is 1. The molecule has 1 rings (SSSR count). The minimum absolute atomic E-state index is 0. The molecule has 1 aliphatic heterocycles. The summed E-state index contributed by atoms with van der Waals surface area (Å²) in [6, 6.07) is 0. The van der Waals surface area contributed by atoms with E-state index in [0.29, 0.717) is 6.54 Å². The van der Waals surface area contributed by atoms with Crippen molar-refractivity contribution in [1.82, 2.24) is 5.32 Å². The van der Waals surface area contributed by atoms with Gasteiger partial charge in [0.1, 0.15) is 5.41 Å². The molecule has 0 aliphatic carbocycles. The van der Waals surface area contributed by atoms with Crippen molar-refractivity contribution in [2.24, 2.45) is 5.41 Å². The predicted molar refractivity (Wildman–Crippen MR) is 45.4 cm³/mol. The van der Waals surface area contributed by atoms with Gasteiger partial charge in [0.25, 0.3) is 5.92 Å². The molecule has 0 saturated carbocycles. The standard InChI is InChI=1S/C7H11F2NO2.ClH/c1-6(5(11)12)2-3-10-4-7(6,8)9;/h10H,2-4H2,1H3,(H,11,12);1H. The zero-order valence-corrected chi connectivity index (χ0v) is 7.96. The molecule has 1 fully saturated rings. The lowest BCUT2D eigenvalue weighted by molar-refractivity contribution is -0.181. The molecule has 0 aromatic carbocycles. The van der Waals surface area contributed by atoms with Gasteiger partial charge in [0.2, 0.25) is 0 Å². The van der Waals surface area contributed by atoms with E-state index < -0.39 is 23.9 Å². The monoisotopic (exact) mass is 215 g/mol. The van der Waals surface area contributed by atoms with Crippen molar-refractivity contribution in [3.8, 4) is 0 Å². The Kier molecular flexibility index (Phi) is 3.63. The molecule has 13 heavy (non-hydrogen) atoms. The van der Waals surface area contributed by atoms with Gasteiger partial charge >= 0.3 is 5.97 Å². The van der Waals surface area contributed by atoms with E-state index in [9.17, 15) is 13.6 Å². The molecule has 2 N–H and O–H groups in total. The van der Waals surface area contributed by atoms with Crippen LogP contribution in [-0.4, -0.2) is 30.1 Å². The van der Waals surface area contributed by atoms with Crippen LogP contribution in [0.15, 0.2) is 0 Å². The first-order valence-electron chi connectivity index (χ1n) is 3.72. The Bertz CT molecular complexity index is 213. The molecule has 3 nitrogen and oxygen atoms in total. The van der Waals surface area contributed by atoms with Gasteiger partial charge < -0.3 is 10.4 Å². The second kappa shape index (κ2) is 3.75. The number of carboxylic acids is 1. The summed E-state index contributed by atoms with van der Waals surface area (Å²) < 4.78 is 26.1. The number of halogens is 3. The number of nitrogens with one attached hydrogen (secondary N) is 1. The van der Waals surface area contributed by atoms with Gasteiger partial charge in [-0.15, -0.1) is 12.4 Å². The highest BCUT2D eigenvalue weighted by Gasteiger charge is 2.56. The van der Waals surface area contributed by atoms with Crippen LogP contribution in [0.5, 0.6) is 0 Å². The van der Waals surface area contributed by atoms with Crippen LogP contribution in [-0.2, 0) is 4.79 Å². The Morgan fingerprint density at radius 3 is 2.38 bits per heavy atom. The minimum Gasteiger partial charge on any atom is -0.481 e. The number of rotatable bonds is 1. The van der Waals surface area contributed by atoms with E-state index in [1.54, 1.807) is 0 Å². The number of hydrogen-bond acceptors (Lipinski definition) is 2. The molecule has 6 heteroatoms. The SMILES string of the molecule is CC1(C(=O)O)CCNCC1(F)F.Cl. The van der Waals surface area contributed by atoms with Gasteiger partial charge in [0.05, 0.1) is 6.54 Å². The second-order valence-electron chi connectivity index (χ2n) is 3.27. The quantitative estimate of drug-likeness (QED) is 0.690. The molecule has 0 aromatic rings. The zero-order chi connectivity index (χ0) is 9.41. The van der Waals surface area contributed by atoms with Gasteiger partial charge in [0, 0.05) is 0 Å². The van der Waals surface area contributed by atoms with E-state index >= 15 is 0 Å². The fourth-order valence-electron chi connectivity index (χ4n) is 1.23. The molecule has 0 amide bonds. The zero-order valence-electron chi connectivity index (χ0n) is 7.14. The van der Waals surface area contributed by atoms with E-state index in [0.717, 1.165) is 6.92 Å². The first-order valence-corrected chi connectivity index (χ1v) is 3.72. The number of carboxylic acid groups (broad SMARTS) is 1. The largest absolute Gasteiger partial charge is 0.481 e. The van der Waals surface area contributed by atoms with Crippen LogP contribution in [0, 0.1) is 5.41 Å². The lowest BCUT2D eigenvalue weighted by atomic mass is 9.78. The highest BCUT2D eigenvalue weighted by molar-refractivity contribution is 5.85. The third-order valence-electron chi connectivity index (χ3n) is 2.43. The van der Waals surface area contributed by atoms with E-state index in [1.807, 2.05) is 0 Å². The molecular weight excluding hydrogens is 204 g/mol. The van der Waals surface area contributed by atoms with Gasteiger partial charge in [0.15, 0.2) is 0 Å². The van der Waals surface area contributed by atoms with Crippen molar-refractivity contribution >= 4 is 18.4 Å². The topological polar surface area (TPSA) is 49.3 Å². The minimum atomic E-state index is -3.16. The molecule has 78 valence electrons. The van der Waals surface area contributed by atoms with Gasteiger partial charge in [-0.05, 0) is 19.9 Å². The molecular formula is C7H12ClF2NO2. The van der Waals surface area contributed by atoms with Gasteiger partial charge in [-0.2, -0.15) is 0 Å². The molecule has 0 aromatic heterocycles. The molecule has 0 radical (unpaired) electrons. The maximum absolute atomic E-state index is 13.1. The molecule has 1 unspecified atom stereocenters. The molecule has 1 heterocycles. The summed E-state index contributed by atoms with van der Waals surface area (Å²) in [6.07, 6.45) is -0.0324. The summed E-state index contributed by atoms with van der Waals surface area (Å²) in [4.78, 5) is 10.6. The predicted octanol–water partition coefficient (Wildman–Crippen LogP) is 1.13. The van der Waals surface area contributed by atoms with Crippen molar-refractivity contribution in [3.05, 3.63) is 0 Å². The highest BCUT2D eigenvalue weighted by atomic mass is 35.5. The van der Waals surface area contributed by atoms with Crippen molar-refractivity contribution in [3.63, 3.8) is 0 Å². The maximum Gasteiger partial charge on any atom is 0.315 e. The van der Waals surface area contributed by atoms with Crippen molar-refractivity contribution in [2.75, 3.05) is 13.1 Å². The van der Waals surface area contributed by atoms with Crippen molar-refractivity contribution in [2.45, 2.75) is 19.3 Å². The summed E-state index contributed by atoms with van der Waals surface area (Å²) in [5.41, 5.74) is -1.90. The smallest absolute Gasteiger partial charge is 0.315 e. The molecule has 0 spiro atoms. The number of alkyl halides is 2. The van der Waals surface area contributed by atoms with Crippen LogP contribution < -0.4 is 5.32 Å². The maximum atomic E-state index is 13.1. The van der Waals surface area contributed by atoms with Crippen molar-refractivity contribution < 1.29 is 18.7 Å². The summed E-state index contributed by atoms with van der Waals surface area (Å²) in [5.74, 6) is -4.58. The van der Waals surface area contributed by atoms with Crippen LogP contribution in [0.4, 0.5) is 8.78 Å². The number of carbonyl (C=O) groups is 1. The molecule has 0 bridgehead atoms. The second-order valence-corrected chi connectivity index (χ2v) is 3.27. The Balaban J connectivity index is 0.00000144.